The van der Waals surface area contributed by atoms with Crippen molar-refractivity contribution in [1.29, 1.82) is 0 Å². The molecule has 3 aromatic rings. The number of hydrogen-bond acceptors (Lipinski definition) is 4. The first-order valence-corrected chi connectivity index (χ1v) is 10.3. The quantitative estimate of drug-likeness (QED) is 0.312. The monoisotopic (exact) mass is 598 g/mol. The number of rotatable bonds is 6. The summed E-state index contributed by atoms with van der Waals surface area (Å²) < 4.78 is 2.20. The van der Waals surface area contributed by atoms with E-state index >= 15 is 0 Å². The van der Waals surface area contributed by atoms with E-state index in [-0.39, 0.29) is 11.1 Å². The Bertz CT molecular complexity index is 951. The molecule has 3 rings (SSSR count). The summed E-state index contributed by atoms with van der Waals surface area (Å²) >= 11 is 4.45. The van der Waals surface area contributed by atoms with Gasteiger partial charge in [0.2, 0.25) is 11.8 Å². The molecular formula is C20H16I2N4O2. The fourth-order valence-electron chi connectivity index (χ4n) is 2.59. The first-order chi connectivity index (χ1) is 13.3. The molecule has 0 aromatic heterocycles. The smallest absolute Gasteiger partial charge is 0.249 e. The van der Waals surface area contributed by atoms with Crippen molar-refractivity contribution >= 4 is 79.7 Å². The molecule has 2 amide bonds. The Hall–Kier alpha value is -2.34. The van der Waals surface area contributed by atoms with E-state index in [1.807, 2.05) is 48.5 Å². The molecule has 0 radical (unpaired) electrons. The van der Waals surface area contributed by atoms with Crippen molar-refractivity contribution in [2.75, 3.05) is 10.6 Å². The van der Waals surface area contributed by atoms with E-state index in [0.29, 0.717) is 11.4 Å². The first kappa shape index (κ1) is 20.4. The van der Waals surface area contributed by atoms with Crippen molar-refractivity contribution < 1.29 is 9.59 Å². The van der Waals surface area contributed by atoms with Crippen molar-refractivity contribution in [3.05, 3.63) is 78.9 Å². The van der Waals surface area contributed by atoms with Crippen LogP contribution < -0.4 is 22.1 Å². The Morgan fingerprint density at radius 1 is 0.643 bits per heavy atom. The van der Waals surface area contributed by atoms with Crippen LogP contribution in [-0.4, -0.2) is 11.8 Å². The van der Waals surface area contributed by atoms with Crippen molar-refractivity contribution in [2.24, 2.45) is 11.5 Å². The summed E-state index contributed by atoms with van der Waals surface area (Å²) in [6, 6.07) is 18.6. The van der Waals surface area contributed by atoms with Gasteiger partial charge in [0.05, 0.1) is 22.5 Å². The van der Waals surface area contributed by atoms with Crippen LogP contribution in [0.1, 0.15) is 20.7 Å². The first-order valence-electron chi connectivity index (χ1n) is 8.16. The van der Waals surface area contributed by atoms with Crippen LogP contribution in [0.2, 0.25) is 0 Å². The van der Waals surface area contributed by atoms with Crippen molar-refractivity contribution in [1.82, 2.24) is 0 Å². The van der Waals surface area contributed by atoms with Gasteiger partial charge in [0.25, 0.3) is 0 Å². The Morgan fingerprint density at radius 2 is 0.964 bits per heavy atom. The fourth-order valence-corrected chi connectivity index (χ4v) is 3.31. The molecule has 0 bridgehead atoms. The lowest BCUT2D eigenvalue weighted by molar-refractivity contribution is 0.0967. The lowest BCUT2D eigenvalue weighted by Crippen LogP contribution is -2.21. The molecule has 6 nitrogen and oxygen atoms in total. The van der Waals surface area contributed by atoms with Crippen molar-refractivity contribution in [3.63, 3.8) is 0 Å². The standard InChI is InChI=1S/C20H16I2N4O2/c21-11-1-5-13(6-2-11)25-17-9-15(19(23)27)16(20(24)28)10-18(17)26-14-7-3-12(22)4-8-14/h1-10,25-26H,(H2,23,27)(H2,24,28). The molecule has 0 aliphatic heterocycles. The summed E-state index contributed by atoms with van der Waals surface area (Å²) in [6.07, 6.45) is 0. The van der Waals surface area contributed by atoms with E-state index < -0.39 is 11.8 Å². The molecular weight excluding hydrogens is 582 g/mol. The molecule has 0 fully saturated rings. The number of primary amides is 2. The van der Waals surface area contributed by atoms with E-state index in [1.54, 1.807) is 0 Å². The third-order valence-electron chi connectivity index (χ3n) is 3.94. The zero-order valence-electron chi connectivity index (χ0n) is 14.5. The van der Waals surface area contributed by atoms with E-state index in [0.717, 1.165) is 18.5 Å². The van der Waals surface area contributed by atoms with E-state index in [2.05, 4.69) is 55.8 Å². The molecule has 6 N–H and O–H groups in total. The number of carbonyl (C=O) groups is 2. The predicted molar refractivity (Wildman–Crippen MR) is 128 cm³/mol. The van der Waals surface area contributed by atoms with Gasteiger partial charge in [0, 0.05) is 18.5 Å². The number of amides is 2. The molecule has 0 saturated carbocycles. The van der Waals surface area contributed by atoms with E-state index in [9.17, 15) is 9.59 Å². The number of benzene rings is 3. The van der Waals surface area contributed by atoms with Gasteiger partial charge in [-0.1, -0.05) is 0 Å². The van der Waals surface area contributed by atoms with Crippen LogP contribution in [0.3, 0.4) is 0 Å². The number of anilines is 4. The van der Waals surface area contributed by atoms with Gasteiger partial charge >= 0.3 is 0 Å². The minimum atomic E-state index is -0.722. The fraction of sp³-hybridized carbons (Fsp3) is 0. The second kappa shape index (κ2) is 8.78. The van der Waals surface area contributed by atoms with Gasteiger partial charge in [-0.3, -0.25) is 9.59 Å². The van der Waals surface area contributed by atoms with E-state index in [1.165, 1.54) is 12.1 Å². The normalized spacial score (nSPS) is 10.4. The molecule has 0 saturated heterocycles. The molecule has 8 heteroatoms. The second-order valence-electron chi connectivity index (χ2n) is 5.94. The highest BCUT2D eigenvalue weighted by Crippen LogP contribution is 2.32. The lowest BCUT2D eigenvalue weighted by atomic mass is 10.0. The summed E-state index contributed by atoms with van der Waals surface area (Å²) in [5, 5.41) is 6.53. The van der Waals surface area contributed by atoms with Crippen molar-refractivity contribution in [3.8, 4) is 0 Å². The Morgan fingerprint density at radius 3 is 1.25 bits per heavy atom. The zero-order chi connectivity index (χ0) is 20.3. The van der Waals surface area contributed by atoms with Crippen LogP contribution in [0, 0.1) is 7.14 Å². The average Bonchev–Trinajstić information content (AvgIpc) is 2.66. The highest BCUT2D eigenvalue weighted by atomic mass is 127. The molecule has 0 atom stereocenters. The van der Waals surface area contributed by atoms with Crippen LogP contribution in [0.15, 0.2) is 60.7 Å². The molecule has 0 aliphatic rings. The average molecular weight is 598 g/mol. The number of halogens is 2. The summed E-state index contributed by atoms with van der Waals surface area (Å²) in [5.41, 5.74) is 13.9. The topological polar surface area (TPSA) is 110 Å². The molecule has 0 spiro atoms. The van der Waals surface area contributed by atoms with Gasteiger partial charge in [0.15, 0.2) is 0 Å². The maximum absolute atomic E-state index is 11.8. The van der Waals surface area contributed by atoms with Gasteiger partial charge < -0.3 is 22.1 Å². The lowest BCUT2D eigenvalue weighted by Gasteiger charge is -2.17. The maximum atomic E-state index is 11.8. The molecule has 142 valence electrons. The Labute approximate surface area is 189 Å². The minimum absolute atomic E-state index is 0.0636. The summed E-state index contributed by atoms with van der Waals surface area (Å²) in [7, 11) is 0. The summed E-state index contributed by atoms with van der Waals surface area (Å²) in [5.74, 6) is -1.44. The SMILES string of the molecule is NC(=O)c1cc(Nc2ccc(I)cc2)c(Nc2ccc(I)cc2)cc1C(N)=O. The predicted octanol–water partition coefficient (Wildman–Crippen LogP) is 4.58. The van der Waals surface area contributed by atoms with Gasteiger partial charge in [-0.05, 0) is 106 Å². The van der Waals surface area contributed by atoms with Gasteiger partial charge in [-0.15, -0.1) is 0 Å². The molecule has 0 unspecified atom stereocenters. The Balaban J connectivity index is 2.08. The van der Waals surface area contributed by atoms with Gasteiger partial charge in [-0.2, -0.15) is 0 Å². The maximum Gasteiger partial charge on any atom is 0.249 e. The van der Waals surface area contributed by atoms with Crippen LogP contribution in [0.4, 0.5) is 22.7 Å². The van der Waals surface area contributed by atoms with Gasteiger partial charge in [-0.25, -0.2) is 0 Å². The number of nitrogens with two attached hydrogens (primary N) is 2. The van der Waals surface area contributed by atoms with Crippen LogP contribution in [-0.2, 0) is 0 Å². The highest BCUT2D eigenvalue weighted by Gasteiger charge is 2.18. The zero-order valence-corrected chi connectivity index (χ0v) is 18.8. The number of nitrogens with one attached hydrogen (secondary N) is 2. The molecule has 0 aliphatic carbocycles. The summed E-state index contributed by atoms with van der Waals surface area (Å²) in [4.78, 5) is 23.7. The van der Waals surface area contributed by atoms with Crippen molar-refractivity contribution in [2.45, 2.75) is 0 Å². The van der Waals surface area contributed by atoms with Crippen LogP contribution in [0.25, 0.3) is 0 Å². The number of hydrogen-bond donors (Lipinski definition) is 4. The third-order valence-corrected chi connectivity index (χ3v) is 5.37. The highest BCUT2D eigenvalue weighted by molar-refractivity contribution is 14.1. The molecule has 0 heterocycles. The van der Waals surface area contributed by atoms with Crippen LogP contribution >= 0.6 is 45.2 Å². The summed E-state index contributed by atoms with van der Waals surface area (Å²) in [6.45, 7) is 0. The molecule has 28 heavy (non-hydrogen) atoms. The Kier molecular flexibility index (Phi) is 6.39. The number of carbonyl (C=O) groups excluding carboxylic acids is 2. The largest absolute Gasteiger partial charge is 0.366 e. The van der Waals surface area contributed by atoms with E-state index in [4.69, 9.17) is 11.5 Å². The third kappa shape index (κ3) is 4.93. The second-order valence-corrected chi connectivity index (χ2v) is 8.43. The minimum Gasteiger partial charge on any atom is -0.366 e. The molecule has 3 aromatic carbocycles. The van der Waals surface area contributed by atoms with Gasteiger partial charge in [0.1, 0.15) is 0 Å². The van der Waals surface area contributed by atoms with Crippen LogP contribution in [0.5, 0.6) is 0 Å².